The number of aliphatic hydroxyl groups excluding tert-OH is 1. The van der Waals surface area contributed by atoms with Gasteiger partial charge in [-0.1, -0.05) is 97.6 Å². The van der Waals surface area contributed by atoms with Crippen LogP contribution in [-0.4, -0.2) is 285 Å². The van der Waals surface area contributed by atoms with Crippen LogP contribution in [0.25, 0.3) is 32.3 Å². The number of methoxy groups -OCH3 is 2. The molecule has 2 unspecified atom stereocenters. The molecule has 8 atom stereocenters. The van der Waals surface area contributed by atoms with E-state index in [-0.39, 0.29) is 85.3 Å². The number of amides is 3. The summed E-state index contributed by atoms with van der Waals surface area (Å²) in [7, 11) is 9.54. The van der Waals surface area contributed by atoms with Gasteiger partial charge in [0.1, 0.15) is 37.3 Å². The van der Waals surface area contributed by atoms with Crippen LogP contribution in [0.3, 0.4) is 0 Å². The second-order valence-electron chi connectivity index (χ2n) is 37.4. The third-order valence-corrected chi connectivity index (χ3v) is 29.3. The summed E-state index contributed by atoms with van der Waals surface area (Å²) in [6, 6.07) is 42.7. The summed E-state index contributed by atoms with van der Waals surface area (Å²) in [6.07, 6.45) is 12.3. The lowest BCUT2D eigenvalue weighted by Crippen LogP contribution is -2.56. The number of aryl methyl sites for hydroxylation is 3. The summed E-state index contributed by atoms with van der Waals surface area (Å²) in [5.41, 5.74) is 15.3. The van der Waals surface area contributed by atoms with Crippen molar-refractivity contribution in [2.75, 3.05) is 196 Å². The molecule has 0 spiro atoms. The summed E-state index contributed by atoms with van der Waals surface area (Å²) in [6.45, 7) is 21.7. The van der Waals surface area contributed by atoms with Crippen molar-refractivity contribution in [1.82, 2.24) is 59.3 Å². The number of hydrogen-bond donors (Lipinski definition) is 1. The number of likely N-dealkylation sites (tertiary alicyclic amines) is 3. The number of aliphatic hydroxyl groups is 1. The van der Waals surface area contributed by atoms with E-state index in [1.165, 1.54) is 74.0 Å². The van der Waals surface area contributed by atoms with Crippen LogP contribution in [0.15, 0.2) is 134 Å². The van der Waals surface area contributed by atoms with Gasteiger partial charge in [0, 0.05) is 179 Å². The molecular formula is C103H121N21O9. The zero-order chi connectivity index (χ0) is 92.2. The van der Waals surface area contributed by atoms with Gasteiger partial charge in [0.2, 0.25) is 11.8 Å². The quantitative estimate of drug-likeness (QED) is 0.0369. The number of anilines is 6. The molecule has 30 nitrogen and oxygen atoms in total. The minimum Gasteiger partial charge on any atom is -0.492 e. The molecule has 0 bridgehead atoms. The SMILES string of the molecule is C=C(OC)C(=O)N1CCN(c2nc(OC[C@@H]3CCCN3C)nc3c2CCN(c2cc(C4C[C@@H](COc5nc6c(c(N7CCN(C(=O)/C=C/COC)[C@@H](CC#N)C7)n5)CCN(c5cc(C7C[C@@H](COc8nc9c(c(N%10CCN(C(=O)/C=C/CO)[C@@H](CC#N)C%10)n8)CCN(c8cccc%10cccc(C)c8%10)C9)N(C)C7)cc7cccc(C)c57)C6)N(C)C4)cc4cccc(C)c24)C3)C[C@@H]1CC#N. The fourth-order valence-electron chi connectivity index (χ4n) is 22.1. The van der Waals surface area contributed by atoms with Crippen LogP contribution in [-0.2, 0) is 62.8 Å². The lowest BCUT2D eigenvalue weighted by atomic mass is 9.91. The lowest BCUT2D eigenvalue weighted by Gasteiger charge is -2.42. The molecule has 133 heavy (non-hydrogen) atoms. The van der Waals surface area contributed by atoms with Gasteiger partial charge in [-0.05, 0) is 167 Å². The number of ether oxygens (including phenoxy) is 5. The monoisotopic (exact) mass is 1800 g/mol. The van der Waals surface area contributed by atoms with Crippen molar-refractivity contribution in [2.24, 2.45) is 0 Å². The van der Waals surface area contributed by atoms with Crippen molar-refractivity contribution < 1.29 is 43.2 Å². The van der Waals surface area contributed by atoms with E-state index in [2.05, 4.69) is 208 Å². The molecule has 1 N–H and O–H groups in total. The highest BCUT2D eigenvalue weighted by Crippen LogP contribution is 2.46. The molecule has 9 aliphatic rings. The van der Waals surface area contributed by atoms with E-state index >= 15 is 0 Å². The molecule has 0 saturated carbocycles. The van der Waals surface area contributed by atoms with Gasteiger partial charge >= 0.3 is 18.0 Å². The number of rotatable bonds is 27. The first-order chi connectivity index (χ1) is 64.7. The van der Waals surface area contributed by atoms with Crippen molar-refractivity contribution in [3.63, 3.8) is 0 Å². The van der Waals surface area contributed by atoms with Gasteiger partial charge in [-0.25, -0.2) is 0 Å². The van der Waals surface area contributed by atoms with Crippen LogP contribution in [0, 0.1) is 54.8 Å². The summed E-state index contributed by atoms with van der Waals surface area (Å²) >= 11 is 0. The first kappa shape index (κ1) is 90.8. The molecule has 6 fully saturated rings. The fourth-order valence-corrected chi connectivity index (χ4v) is 22.1. The molecule has 12 heterocycles. The van der Waals surface area contributed by atoms with Crippen LogP contribution in [0.4, 0.5) is 34.5 Å². The van der Waals surface area contributed by atoms with E-state index in [9.17, 15) is 35.3 Å². The van der Waals surface area contributed by atoms with Gasteiger partial charge in [-0.2, -0.15) is 45.7 Å². The minimum absolute atomic E-state index is 0.00250. The predicted octanol–water partition coefficient (Wildman–Crippen LogP) is 11.0. The number of benzene rings is 6. The highest BCUT2D eigenvalue weighted by Gasteiger charge is 2.42. The minimum atomic E-state index is -0.410. The molecule has 6 saturated heterocycles. The maximum atomic E-state index is 13.9. The van der Waals surface area contributed by atoms with Crippen molar-refractivity contribution in [3.8, 4) is 36.2 Å². The van der Waals surface area contributed by atoms with Crippen molar-refractivity contribution in [1.29, 1.82) is 15.8 Å². The summed E-state index contributed by atoms with van der Waals surface area (Å²) < 4.78 is 31.2. The lowest BCUT2D eigenvalue weighted by molar-refractivity contribution is -0.133. The zero-order valence-electron chi connectivity index (χ0n) is 77.8. The molecule has 0 radical (unpaired) electrons. The maximum absolute atomic E-state index is 13.9. The molecule has 30 heteroatoms. The van der Waals surface area contributed by atoms with Gasteiger partial charge in [-0.3, -0.25) is 24.2 Å². The van der Waals surface area contributed by atoms with Crippen LogP contribution in [0.2, 0.25) is 0 Å². The van der Waals surface area contributed by atoms with E-state index < -0.39 is 18.1 Å². The highest BCUT2D eigenvalue weighted by molar-refractivity contribution is 6.00. The third-order valence-electron chi connectivity index (χ3n) is 29.3. The number of piperazine rings is 3. The number of fused-ring (bicyclic) bond motifs is 6. The average molecular weight is 1800 g/mol. The maximum Gasteiger partial charge on any atom is 0.318 e. The Morgan fingerprint density at radius 1 is 0.459 bits per heavy atom. The Balaban J connectivity index is 0.611. The van der Waals surface area contributed by atoms with E-state index in [1.807, 2.05) is 0 Å². The smallest absolute Gasteiger partial charge is 0.318 e. The van der Waals surface area contributed by atoms with E-state index in [0.717, 1.165) is 126 Å². The first-order valence-corrected chi connectivity index (χ1v) is 47.2. The summed E-state index contributed by atoms with van der Waals surface area (Å²) in [5, 5.41) is 47.3. The van der Waals surface area contributed by atoms with Crippen molar-refractivity contribution in [2.45, 2.75) is 153 Å². The van der Waals surface area contributed by atoms with Crippen LogP contribution >= 0.6 is 0 Å². The largest absolute Gasteiger partial charge is 0.492 e. The first-order valence-electron chi connectivity index (χ1n) is 47.2. The zero-order valence-corrected chi connectivity index (χ0v) is 77.8. The normalized spacial score (nSPS) is 22.0. The fraction of sp³-hybridized carbons (Fsp3) is 0.476. The van der Waals surface area contributed by atoms with Crippen LogP contribution in [0.5, 0.6) is 18.0 Å². The van der Waals surface area contributed by atoms with Crippen molar-refractivity contribution in [3.05, 3.63) is 195 Å². The Hall–Kier alpha value is -12.8. The molecule has 692 valence electrons. The van der Waals surface area contributed by atoms with Gasteiger partial charge in [0.05, 0.1) is 113 Å². The third kappa shape index (κ3) is 18.9. The second-order valence-corrected chi connectivity index (χ2v) is 37.4. The number of aromatic nitrogens is 6. The molecule has 9 aromatic rings. The van der Waals surface area contributed by atoms with Gasteiger partial charge in [0.15, 0.2) is 5.76 Å². The Kier molecular flexibility index (Phi) is 27.3. The van der Waals surface area contributed by atoms with Gasteiger partial charge in [0.25, 0.3) is 5.91 Å². The Bertz CT molecular complexity index is 6100. The van der Waals surface area contributed by atoms with Crippen LogP contribution < -0.4 is 43.6 Å². The molecule has 0 aliphatic carbocycles. The molecule has 3 aromatic heterocycles. The summed E-state index contributed by atoms with van der Waals surface area (Å²) in [5.74, 6) is 1.97. The van der Waals surface area contributed by atoms with E-state index in [1.54, 1.807) is 34.0 Å². The average Bonchev–Trinajstić information content (AvgIpc) is 1.19. The van der Waals surface area contributed by atoms with Gasteiger partial charge in [-0.15, -0.1) is 0 Å². The van der Waals surface area contributed by atoms with Crippen LogP contribution in [0.1, 0.15) is 118 Å². The summed E-state index contributed by atoms with van der Waals surface area (Å²) in [4.78, 5) is 99.4. The van der Waals surface area contributed by atoms with E-state index in [0.29, 0.717) is 149 Å². The Morgan fingerprint density at radius 2 is 0.865 bits per heavy atom. The number of hydrogen-bond acceptors (Lipinski definition) is 27. The number of nitrogens with zero attached hydrogens (tertiary/aromatic N) is 21. The van der Waals surface area contributed by atoms with Gasteiger partial charge < -0.3 is 77.8 Å². The molecule has 6 aromatic carbocycles. The molecular weight excluding hydrogens is 1680 g/mol. The standard InChI is InChI=1S/C103H121N21O9/c1-66-17-10-20-70-21-13-25-89(94(66)70)116-38-31-83-86(60-116)107-102(111-97(83)119-41-44-122(77(57-119)28-34-104)92(126)26-15-47-125)132-64-81-51-75(55-114(81)6)74-50-72-23-12-19-68(3)96(72)91(54-74)118-39-32-84-88(62-118)109-103(112-98(84)120-42-45-123(78(58-120)29-35-105)93(127)27-16-48-129-8)133-65-82-52-76(56-115(82)7)73-49-71-22-11-18-67(2)95(71)90(53-73)117-40-33-85-87(61-117)108-101(131-63-80-24-14-37-113(80)5)110-99(85)121-43-46-124(79(59-121)30-36-106)100(128)69(4)130-9/h10-13,15-23,25-27,49-50,53-54,75-82,125H,4,14,24,28-33,37-48,51-52,55-65H2,1-3,5-9H3/b26-15+,27-16+/t75?,76?,77-,78-,79-,80-,81-,82-/m0/s1. The predicted molar refractivity (Wildman–Crippen MR) is 513 cm³/mol. The molecule has 3 amide bonds. The Labute approximate surface area is 778 Å². The Morgan fingerprint density at radius 3 is 1.29 bits per heavy atom. The molecule has 18 rings (SSSR count). The second kappa shape index (κ2) is 40.0. The number of carbonyl (C=O) groups is 3. The topological polar surface area (TPSA) is 305 Å². The highest BCUT2D eigenvalue weighted by atomic mass is 16.5. The number of nitriles is 3. The van der Waals surface area contributed by atoms with Crippen molar-refractivity contribution >= 4 is 84.6 Å². The molecule has 9 aliphatic heterocycles. The van der Waals surface area contributed by atoms with E-state index in [4.69, 9.17) is 53.6 Å². The number of carbonyl (C=O) groups excluding carboxylic acids is 3. The number of likely N-dealkylation sites (N-methyl/N-ethyl adjacent to an activating group) is 3.